The molecule has 2 aromatic carbocycles. The first-order valence-electron chi connectivity index (χ1n) is 9.89. The van der Waals surface area contributed by atoms with E-state index in [9.17, 15) is 14.4 Å². The number of hydrogen-bond acceptors (Lipinski definition) is 6. The van der Waals surface area contributed by atoms with Crippen molar-refractivity contribution in [1.29, 1.82) is 0 Å². The number of carbonyl (C=O) groups is 3. The van der Waals surface area contributed by atoms with E-state index in [1.165, 1.54) is 18.3 Å². The number of halogens is 1. The second-order valence-corrected chi connectivity index (χ2v) is 8.77. The minimum atomic E-state index is -0.631. The smallest absolute Gasteiger partial charge is 0.339 e. The van der Waals surface area contributed by atoms with Gasteiger partial charge in [-0.25, -0.2) is 9.78 Å². The summed E-state index contributed by atoms with van der Waals surface area (Å²) in [5.41, 5.74) is 2.67. The van der Waals surface area contributed by atoms with Gasteiger partial charge in [0.25, 0.3) is 5.91 Å². The van der Waals surface area contributed by atoms with Crippen LogP contribution in [0.2, 0.25) is 4.34 Å². The maximum atomic E-state index is 12.9. The minimum Gasteiger partial charge on any atom is -0.452 e. The molecule has 2 heterocycles. The second kappa shape index (κ2) is 9.81. The van der Waals surface area contributed by atoms with Crippen molar-refractivity contribution in [3.63, 3.8) is 0 Å². The third-order valence-corrected chi connectivity index (χ3v) is 5.84. The van der Waals surface area contributed by atoms with Gasteiger partial charge in [0.2, 0.25) is 5.91 Å². The summed E-state index contributed by atoms with van der Waals surface area (Å²) in [7, 11) is 0. The predicted octanol–water partition coefficient (Wildman–Crippen LogP) is 5.37. The number of amides is 2. The van der Waals surface area contributed by atoms with E-state index in [-0.39, 0.29) is 5.91 Å². The number of benzene rings is 2. The molecule has 7 nitrogen and oxygen atoms in total. The highest BCUT2D eigenvalue weighted by atomic mass is 35.5. The van der Waals surface area contributed by atoms with E-state index >= 15 is 0 Å². The van der Waals surface area contributed by atoms with Crippen LogP contribution in [0.3, 0.4) is 0 Å². The molecule has 0 aliphatic carbocycles. The number of fused-ring (bicyclic) bond motifs is 1. The lowest BCUT2D eigenvalue weighted by molar-refractivity contribution is -0.119. The largest absolute Gasteiger partial charge is 0.452 e. The Morgan fingerprint density at radius 1 is 0.970 bits per heavy atom. The van der Waals surface area contributed by atoms with Gasteiger partial charge in [-0.1, -0.05) is 29.8 Å². The van der Waals surface area contributed by atoms with Gasteiger partial charge < -0.3 is 15.4 Å². The molecule has 9 heteroatoms. The lowest BCUT2D eigenvalue weighted by Crippen LogP contribution is -2.21. The Morgan fingerprint density at radius 3 is 2.33 bits per heavy atom. The third kappa shape index (κ3) is 5.54. The molecular weight excluding hydrogens is 462 g/mol. The van der Waals surface area contributed by atoms with Crippen LogP contribution in [0.25, 0.3) is 21.5 Å². The van der Waals surface area contributed by atoms with Crippen molar-refractivity contribution in [1.82, 2.24) is 4.98 Å². The number of nitrogens with one attached hydrogen (secondary N) is 2. The number of nitrogens with zero attached hydrogens (tertiary/aromatic N) is 1. The molecule has 0 bridgehead atoms. The van der Waals surface area contributed by atoms with E-state index in [4.69, 9.17) is 16.3 Å². The van der Waals surface area contributed by atoms with Crippen LogP contribution in [0, 0.1) is 0 Å². The van der Waals surface area contributed by atoms with Crippen LogP contribution >= 0.6 is 22.9 Å². The molecule has 4 aromatic rings. The number of pyridine rings is 1. The molecule has 4 rings (SSSR count). The molecular formula is C24H18ClN3O4S. The summed E-state index contributed by atoms with van der Waals surface area (Å²) in [5, 5.41) is 5.92. The molecule has 0 spiro atoms. The number of aromatic nitrogens is 1. The van der Waals surface area contributed by atoms with E-state index in [2.05, 4.69) is 15.6 Å². The van der Waals surface area contributed by atoms with Crippen LogP contribution in [0.5, 0.6) is 0 Å². The normalized spacial score (nSPS) is 10.6. The van der Waals surface area contributed by atoms with E-state index in [0.29, 0.717) is 37.9 Å². The molecule has 0 unspecified atom stereocenters. The summed E-state index contributed by atoms with van der Waals surface area (Å²) in [6.07, 6.45) is 0. The number of thiophene rings is 1. The molecule has 0 aliphatic heterocycles. The summed E-state index contributed by atoms with van der Waals surface area (Å²) in [6.45, 7) is 0.956. The molecule has 0 saturated heterocycles. The van der Waals surface area contributed by atoms with Crippen molar-refractivity contribution >= 4 is 63.0 Å². The Kier molecular flexibility index (Phi) is 6.67. The van der Waals surface area contributed by atoms with Crippen LogP contribution in [0.15, 0.2) is 66.7 Å². The SMILES string of the molecule is CC(=O)Nc1ccc(NC(=O)COC(=O)c2cc(-c3ccc(Cl)s3)nc3ccccc23)cc1. The van der Waals surface area contributed by atoms with E-state index in [0.717, 1.165) is 4.88 Å². The van der Waals surface area contributed by atoms with Crippen LogP contribution in [-0.2, 0) is 14.3 Å². The minimum absolute atomic E-state index is 0.187. The van der Waals surface area contributed by atoms with Crippen molar-refractivity contribution in [2.45, 2.75) is 6.92 Å². The topological polar surface area (TPSA) is 97.4 Å². The zero-order valence-electron chi connectivity index (χ0n) is 17.4. The van der Waals surface area contributed by atoms with E-state index < -0.39 is 18.5 Å². The fourth-order valence-electron chi connectivity index (χ4n) is 3.17. The molecule has 0 atom stereocenters. The molecule has 0 radical (unpaired) electrons. The number of hydrogen-bond donors (Lipinski definition) is 2. The van der Waals surface area contributed by atoms with Crippen LogP contribution < -0.4 is 10.6 Å². The van der Waals surface area contributed by atoms with Crippen molar-refractivity contribution in [2.75, 3.05) is 17.2 Å². The third-order valence-electron chi connectivity index (χ3n) is 4.59. The summed E-state index contributed by atoms with van der Waals surface area (Å²) in [6, 6.07) is 19.1. The Morgan fingerprint density at radius 2 is 1.67 bits per heavy atom. The average molecular weight is 480 g/mol. The zero-order valence-corrected chi connectivity index (χ0v) is 19.0. The Balaban J connectivity index is 1.47. The molecule has 0 aliphatic rings. The zero-order chi connectivity index (χ0) is 23.4. The first-order chi connectivity index (χ1) is 15.9. The fourth-order valence-corrected chi connectivity index (χ4v) is 4.17. The van der Waals surface area contributed by atoms with Gasteiger partial charge in [-0.15, -0.1) is 11.3 Å². The number of esters is 1. The molecule has 2 N–H and O–H groups in total. The fraction of sp³-hybridized carbons (Fsp3) is 0.0833. The predicted molar refractivity (Wildman–Crippen MR) is 130 cm³/mol. The number of carbonyl (C=O) groups excluding carboxylic acids is 3. The first kappa shape index (κ1) is 22.4. The van der Waals surface area contributed by atoms with Crippen molar-refractivity contribution < 1.29 is 19.1 Å². The number of ether oxygens (including phenoxy) is 1. The lowest BCUT2D eigenvalue weighted by Gasteiger charge is -2.10. The quantitative estimate of drug-likeness (QED) is 0.362. The van der Waals surface area contributed by atoms with Crippen molar-refractivity contribution in [3.8, 4) is 10.6 Å². The Hall–Kier alpha value is -3.75. The van der Waals surface area contributed by atoms with Crippen molar-refractivity contribution in [2.24, 2.45) is 0 Å². The highest BCUT2D eigenvalue weighted by Gasteiger charge is 2.17. The number of rotatable bonds is 6. The number of anilines is 2. The first-order valence-corrected chi connectivity index (χ1v) is 11.1. The van der Waals surface area contributed by atoms with Gasteiger partial charge in [0.15, 0.2) is 6.61 Å². The van der Waals surface area contributed by atoms with Gasteiger partial charge in [0.05, 0.1) is 26.0 Å². The lowest BCUT2D eigenvalue weighted by atomic mass is 10.1. The van der Waals surface area contributed by atoms with Gasteiger partial charge in [-0.05, 0) is 48.5 Å². The van der Waals surface area contributed by atoms with Gasteiger partial charge in [-0.3, -0.25) is 9.59 Å². The molecule has 2 aromatic heterocycles. The van der Waals surface area contributed by atoms with Crippen LogP contribution in [0.4, 0.5) is 11.4 Å². The molecule has 0 saturated carbocycles. The van der Waals surface area contributed by atoms with Gasteiger partial charge in [0, 0.05) is 23.7 Å². The molecule has 0 fully saturated rings. The van der Waals surface area contributed by atoms with Crippen molar-refractivity contribution in [3.05, 3.63) is 76.6 Å². The van der Waals surface area contributed by atoms with Crippen LogP contribution in [-0.4, -0.2) is 29.4 Å². The maximum absolute atomic E-state index is 12.9. The van der Waals surface area contributed by atoms with Gasteiger partial charge >= 0.3 is 5.97 Å². The highest BCUT2D eigenvalue weighted by molar-refractivity contribution is 7.19. The van der Waals surface area contributed by atoms with E-state index in [1.54, 1.807) is 48.5 Å². The Bertz CT molecular complexity index is 1350. The maximum Gasteiger partial charge on any atom is 0.339 e. The number of para-hydroxylation sites is 1. The molecule has 2 amide bonds. The summed E-state index contributed by atoms with van der Waals surface area (Å²) >= 11 is 7.41. The highest BCUT2D eigenvalue weighted by Crippen LogP contribution is 2.32. The van der Waals surface area contributed by atoms with Gasteiger partial charge in [0.1, 0.15) is 0 Å². The average Bonchev–Trinajstić information content (AvgIpc) is 3.24. The van der Waals surface area contributed by atoms with E-state index in [1.807, 2.05) is 18.2 Å². The second-order valence-electron chi connectivity index (χ2n) is 7.06. The Labute approximate surface area is 198 Å². The summed E-state index contributed by atoms with van der Waals surface area (Å²) in [4.78, 5) is 41.7. The van der Waals surface area contributed by atoms with Gasteiger partial charge in [-0.2, -0.15) is 0 Å². The van der Waals surface area contributed by atoms with Crippen LogP contribution in [0.1, 0.15) is 17.3 Å². The molecule has 166 valence electrons. The summed E-state index contributed by atoms with van der Waals surface area (Å²) < 4.78 is 5.90. The molecule has 33 heavy (non-hydrogen) atoms. The monoisotopic (exact) mass is 479 g/mol. The standard InChI is InChI=1S/C24H18ClN3O4S/c1-14(29)26-15-6-8-16(9-7-15)27-23(30)13-32-24(31)18-12-20(21-10-11-22(25)33-21)28-19-5-3-2-4-17(18)19/h2-12H,13H2,1H3,(H,26,29)(H,27,30). The summed E-state index contributed by atoms with van der Waals surface area (Å²) in [5.74, 6) is -1.31.